The van der Waals surface area contributed by atoms with Crippen LogP contribution in [0.2, 0.25) is 0 Å². The summed E-state index contributed by atoms with van der Waals surface area (Å²) >= 11 is 0. The molecule has 90 valence electrons. The summed E-state index contributed by atoms with van der Waals surface area (Å²) in [7, 11) is 0. The van der Waals surface area contributed by atoms with Crippen LogP contribution < -0.4 is 5.73 Å². The van der Waals surface area contributed by atoms with Gasteiger partial charge in [-0.05, 0) is 33.6 Å². The number of nitrogens with two attached hydrogens (primary N) is 1. The molecule has 0 atom stereocenters. The van der Waals surface area contributed by atoms with E-state index in [9.17, 15) is 0 Å². The third-order valence-electron chi connectivity index (χ3n) is 3.56. The van der Waals surface area contributed by atoms with Gasteiger partial charge in [0, 0.05) is 25.3 Å². The Morgan fingerprint density at radius 1 is 1.38 bits per heavy atom. The van der Waals surface area contributed by atoms with Crippen LogP contribution in [0.3, 0.4) is 0 Å². The van der Waals surface area contributed by atoms with E-state index >= 15 is 0 Å². The van der Waals surface area contributed by atoms with Crippen LogP contribution in [0.5, 0.6) is 0 Å². The lowest BCUT2D eigenvalue weighted by Gasteiger charge is -2.34. The van der Waals surface area contributed by atoms with Crippen LogP contribution in [0.15, 0.2) is 6.20 Å². The summed E-state index contributed by atoms with van der Waals surface area (Å²) in [4.78, 5) is 2.52. The van der Waals surface area contributed by atoms with Gasteiger partial charge < -0.3 is 10.6 Å². The Hall–Kier alpha value is -1.03. The summed E-state index contributed by atoms with van der Waals surface area (Å²) in [6.45, 7) is 8.82. The molecule has 0 aliphatic carbocycles. The summed E-state index contributed by atoms with van der Waals surface area (Å²) < 4.78 is 2.06. The highest BCUT2D eigenvalue weighted by atomic mass is 15.3. The van der Waals surface area contributed by atoms with Gasteiger partial charge in [-0.1, -0.05) is 0 Å². The van der Waals surface area contributed by atoms with Crippen LogP contribution in [-0.4, -0.2) is 33.8 Å². The van der Waals surface area contributed by atoms with Crippen LogP contribution in [0.1, 0.15) is 38.4 Å². The van der Waals surface area contributed by atoms with Crippen molar-refractivity contribution < 1.29 is 0 Å². The van der Waals surface area contributed by atoms with Crippen LogP contribution >= 0.6 is 0 Å². The van der Waals surface area contributed by atoms with Crippen molar-refractivity contribution >= 4 is 5.69 Å². The van der Waals surface area contributed by atoms with E-state index in [4.69, 9.17) is 5.73 Å². The molecule has 2 N–H and O–H groups in total. The number of hydrogen-bond donors (Lipinski definition) is 1. The number of anilines is 1. The fourth-order valence-electron chi connectivity index (χ4n) is 2.35. The zero-order chi connectivity index (χ0) is 11.7. The predicted octanol–water partition coefficient (Wildman–Crippen LogP) is 1.82. The zero-order valence-corrected chi connectivity index (χ0v) is 10.5. The normalized spacial score (nSPS) is 19.5. The summed E-state index contributed by atoms with van der Waals surface area (Å²) in [6, 6.07) is 1.19. The number of piperidine rings is 1. The second-order valence-electron chi connectivity index (χ2n) is 5.01. The molecule has 1 aliphatic heterocycles. The third-order valence-corrected chi connectivity index (χ3v) is 3.56. The Bertz CT molecular complexity index is 328. The van der Waals surface area contributed by atoms with Gasteiger partial charge in [-0.25, -0.2) is 0 Å². The molecule has 1 aliphatic rings. The SMILES string of the molecule is Cc1nn(C2CCN(C(C)C)CC2)cc1N. The summed E-state index contributed by atoms with van der Waals surface area (Å²) in [6.07, 6.45) is 4.34. The maximum atomic E-state index is 5.83. The highest BCUT2D eigenvalue weighted by molar-refractivity contribution is 5.39. The maximum Gasteiger partial charge on any atom is 0.0823 e. The second kappa shape index (κ2) is 4.45. The molecule has 0 radical (unpaired) electrons. The van der Waals surface area contributed by atoms with Gasteiger partial charge in [0.15, 0.2) is 0 Å². The molecular weight excluding hydrogens is 200 g/mol. The second-order valence-corrected chi connectivity index (χ2v) is 5.01. The van der Waals surface area contributed by atoms with Crippen molar-refractivity contribution in [2.45, 2.75) is 45.7 Å². The minimum Gasteiger partial charge on any atom is -0.396 e. The van der Waals surface area contributed by atoms with Crippen LogP contribution in [0.4, 0.5) is 5.69 Å². The van der Waals surface area contributed by atoms with Gasteiger partial charge in [0.2, 0.25) is 0 Å². The molecule has 0 bridgehead atoms. The number of rotatable bonds is 2. The summed E-state index contributed by atoms with van der Waals surface area (Å²) in [5.74, 6) is 0. The number of hydrogen-bond acceptors (Lipinski definition) is 3. The Morgan fingerprint density at radius 3 is 2.44 bits per heavy atom. The lowest BCUT2D eigenvalue weighted by molar-refractivity contribution is 0.147. The van der Waals surface area contributed by atoms with E-state index in [1.807, 2.05) is 13.1 Å². The van der Waals surface area contributed by atoms with E-state index in [0.29, 0.717) is 12.1 Å². The van der Waals surface area contributed by atoms with Gasteiger partial charge in [0.05, 0.1) is 17.4 Å². The first-order valence-corrected chi connectivity index (χ1v) is 6.13. The van der Waals surface area contributed by atoms with Gasteiger partial charge >= 0.3 is 0 Å². The highest BCUT2D eigenvalue weighted by Crippen LogP contribution is 2.24. The first-order valence-electron chi connectivity index (χ1n) is 6.13. The van der Waals surface area contributed by atoms with Crippen molar-refractivity contribution in [1.29, 1.82) is 0 Å². The monoisotopic (exact) mass is 222 g/mol. The van der Waals surface area contributed by atoms with E-state index in [1.165, 1.54) is 25.9 Å². The molecule has 4 nitrogen and oxygen atoms in total. The lowest BCUT2D eigenvalue weighted by Crippen LogP contribution is -2.39. The van der Waals surface area contributed by atoms with Gasteiger partial charge in [-0.2, -0.15) is 5.10 Å². The van der Waals surface area contributed by atoms with Crippen molar-refractivity contribution in [2.75, 3.05) is 18.8 Å². The van der Waals surface area contributed by atoms with Gasteiger partial charge in [-0.3, -0.25) is 4.68 Å². The van der Waals surface area contributed by atoms with Gasteiger partial charge in [-0.15, -0.1) is 0 Å². The lowest BCUT2D eigenvalue weighted by atomic mass is 10.0. The first-order chi connectivity index (χ1) is 7.58. The minimum absolute atomic E-state index is 0.533. The zero-order valence-electron chi connectivity index (χ0n) is 10.5. The number of likely N-dealkylation sites (tertiary alicyclic amines) is 1. The summed E-state index contributed by atoms with van der Waals surface area (Å²) in [5, 5.41) is 4.48. The number of nitrogens with zero attached hydrogens (tertiary/aromatic N) is 3. The Morgan fingerprint density at radius 2 is 2.00 bits per heavy atom. The molecule has 1 saturated heterocycles. The van der Waals surface area contributed by atoms with E-state index in [-0.39, 0.29) is 0 Å². The van der Waals surface area contributed by atoms with E-state index in [2.05, 4.69) is 28.5 Å². The molecule has 2 heterocycles. The van der Waals surface area contributed by atoms with Crippen LogP contribution in [-0.2, 0) is 0 Å². The quantitative estimate of drug-likeness (QED) is 0.830. The van der Waals surface area contributed by atoms with Gasteiger partial charge in [0.1, 0.15) is 0 Å². The molecule has 16 heavy (non-hydrogen) atoms. The standard InChI is InChI=1S/C12H22N4/c1-9(2)15-6-4-11(5-7-15)16-8-12(13)10(3)14-16/h8-9,11H,4-7,13H2,1-3H3. The molecule has 1 aromatic rings. The molecule has 0 saturated carbocycles. The van der Waals surface area contributed by atoms with Crippen molar-refractivity contribution in [3.8, 4) is 0 Å². The van der Waals surface area contributed by atoms with Gasteiger partial charge in [0.25, 0.3) is 0 Å². The van der Waals surface area contributed by atoms with Crippen molar-refractivity contribution in [3.63, 3.8) is 0 Å². The molecule has 0 unspecified atom stereocenters. The number of aromatic nitrogens is 2. The first kappa shape index (κ1) is 11.5. The predicted molar refractivity (Wildman–Crippen MR) is 66.4 cm³/mol. The maximum absolute atomic E-state index is 5.83. The van der Waals surface area contributed by atoms with Crippen molar-refractivity contribution in [1.82, 2.24) is 14.7 Å². The Kier molecular flexibility index (Phi) is 3.19. The average Bonchev–Trinajstić information content (AvgIpc) is 2.59. The molecule has 4 heteroatoms. The molecular formula is C12H22N4. The van der Waals surface area contributed by atoms with Crippen molar-refractivity contribution in [3.05, 3.63) is 11.9 Å². The van der Waals surface area contributed by atoms with E-state index in [0.717, 1.165) is 11.4 Å². The van der Waals surface area contributed by atoms with E-state index < -0.39 is 0 Å². The largest absolute Gasteiger partial charge is 0.396 e. The Labute approximate surface area is 97.4 Å². The fourth-order valence-corrected chi connectivity index (χ4v) is 2.35. The molecule has 1 fully saturated rings. The topological polar surface area (TPSA) is 47.1 Å². The minimum atomic E-state index is 0.533. The number of aryl methyl sites for hydroxylation is 1. The Balaban J connectivity index is 1.99. The van der Waals surface area contributed by atoms with Crippen molar-refractivity contribution in [2.24, 2.45) is 0 Å². The molecule has 2 rings (SSSR count). The third kappa shape index (κ3) is 2.21. The molecule has 0 spiro atoms. The molecule has 0 aromatic carbocycles. The van der Waals surface area contributed by atoms with Crippen LogP contribution in [0, 0.1) is 6.92 Å². The smallest absolute Gasteiger partial charge is 0.0823 e. The van der Waals surface area contributed by atoms with E-state index in [1.54, 1.807) is 0 Å². The average molecular weight is 222 g/mol. The molecule has 1 aromatic heterocycles. The van der Waals surface area contributed by atoms with Crippen LogP contribution in [0.25, 0.3) is 0 Å². The fraction of sp³-hybridized carbons (Fsp3) is 0.750. The molecule has 0 amide bonds. The number of nitrogen functional groups attached to an aromatic ring is 1. The summed E-state index contributed by atoms with van der Waals surface area (Å²) in [5.41, 5.74) is 7.59. The highest BCUT2D eigenvalue weighted by Gasteiger charge is 2.22.